The van der Waals surface area contributed by atoms with Gasteiger partial charge in [0, 0.05) is 18.8 Å². The molecule has 2 rings (SSSR count). The fourth-order valence-corrected chi connectivity index (χ4v) is 2.70. The SMILES string of the molecule is Cc1cc(F)cc(-c2cnc(N(C)C(=O)OC(C)(C)C)c([N+](=O)[O-])c2Cl)c1. The van der Waals surface area contributed by atoms with Gasteiger partial charge in [0.05, 0.1) is 4.92 Å². The van der Waals surface area contributed by atoms with Gasteiger partial charge >= 0.3 is 11.8 Å². The molecule has 1 aromatic carbocycles. The van der Waals surface area contributed by atoms with Crippen LogP contribution in [0.5, 0.6) is 0 Å². The number of anilines is 1. The second-order valence-electron chi connectivity index (χ2n) is 6.97. The average Bonchev–Trinajstić information content (AvgIpc) is 2.50. The predicted octanol–water partition coefficient (Wildman–Crippen LogP) is 5.13. The van der Waals surface area contributed by atoms with Crippen LogP contribution >= 0.6 is 11.6 Å². The average molecular weight is 396 g/mol. The highest BCUT2D eigenvalue weighted by molar-refractivity contribution is 6.36. The van der Waals surface area contributed by atoms with E-state index in [1.165, 1.54) is 25.4 Å². The lowest BCUT2D eigenvalue weighted by atomic mass is 10.0. The first-order valence-corrected chi connectivity index (χ1v) is 8.35. The van der Waals surface area contributed by atoms with Gasteiger partial charge in [-0.3, -0.25) is 15.0 Å². The molecule has 0 radical (unpaired) electrons. The topological polar surface area (TPSA) is 85.6 Å². The maximum atomic E-state index is 13.7. The molecule has 0 saturated carbocycles. The number of hydrogen-bond acceptors (Lipinski definition) is 5. The zero-order valence-electron chi connectivity index (χ0n) is 15.5. The summed E-state index contributed by atoms with van der Waals surface area (Å²) in [4.78, 5) is 28.0. The van der Waals surface area contributed by atoms with Gasteiger partial charge in [-0.15, -0.1) is 0 Å². The van der Waals surface area contributed by atoms with Crippen LogP contribution in [0.4, 0.5) is 20.7 Å². The summed E-state index contributed by atoms with van der Waals surface area (Å²) in [5.74, 6) is -0.769. The Kier molecular flexibility index (Phi) is 5.70. The molecular weight excluding hydrogens is 377 g/mol. The molecule has 0 aliphatic heterocycles. The fourth-order valence-electron chi connectivity index (χ4n) is 2.39. The molecule has 2 aromatic rings. The third kappa shape index (κ3) is 4.71. The molecule has 0 saturated heterocycles. The second-order valence-corrected chi connectivity index (χ2v) is 7.35. The van der Waals surface area contributed by atoms with Crippen molar-refractivity contribution >= 4 is 29.2 Å². The van der Waals surface area contributed by atoms with E-state index in [-0.39, 0.29) is 16.4 Å². The van der Waals surface area contributed by atoms with Crippen LogP contribution in [-0.4, -0.2) is 28.6 Å². The molecular formula is C18H19ClFN3O4. The van der Waals surface area contributed by atoms with Gasteiger partial charge in [-0.2, -0.15) is 0 Å². The number of rotatable bonds is 3. The number of carbonyl (C=O) groups excluding carboxylic acids is 1. The lowest BCUT2D eigenvalue weighted by Gasteiger charge is -2.24. The summed E-state index contributed by atoms with van der Waals surface area (Å²) in [7, 11) is 1.30. The first kappa shape index (κ1) is 20.6. The van der Waals surface area contributed by atoms with Gasteiger partial charge in [-0.1, -0.05) is 17.7 Å². The van der Waals surface area contributed by atoms with E-state index in [9.17, 15) is 19.3 Å². The summed E-state index contributed by atoms with van der Waals surface area (Å²) in [6.45, 7) is 6.70. The smallest absolute Gasteiger partial charge is 0.415 e. The largest absolute Gasteiger partial charge is 0.443 e. The molecule has 144 valence electrons. The molecule has 0 bridgehead atoms. The van der Waals surface area contributed by atoms with Crippen molar-refractivity contribution in [2.24, 2.45) is 0 Å². The van der Waals surface area contributed by atoms with Crippen molar-refractivity contribution in [2.75, 3.05) is 11.9 Å². The van der Waals surface area contributed by atoms with Gasteiger partial charge in [0.1, 0.15) is 16.4 Å². The fraction of sp³-hybridized carbons (Fsp3) is 0.333. The van der Waals surface area contributed by atoms with E-state index in [1.807, 2.05) is 0 Å². The lowest BCUT2D eigenvalue weighted by molar-refractivity contribution is -0.384. The van der Waals surface area contributed by atoms with E-state index in [0.717, 1.165) is 4.90 Å². The Morgan fingerprint density at radius 2 is 1.96 bits per heavy atom. The minimum absolute atomic E-state index is 0.187. The summed E-state index contributed by atoms with van der Waals surface area (Å²) in [5.41, 5.74) is -0.196. The van der Waals surface area contributed by atoms with E-state index in [2.05, 4.69) is 4.98 Å². The van der Waals surface area contributed by atoms with Crippen LogP contribution in [0.15, 0.2) is 24.4 Å². The minimum Gasteiger partial charge on any atom is -0.443 e. The van der Waals surface area contributed by atoms with Crippen molar-refractivity contribution in [3.05, 3.63) is 50.9 Å². The predicted molar refractivity (Wildman–Crippen MR) is 101 cm³/mol. The van der Waals surface area contributed by atoms with E-state index in [4.69, 9.17) is 16.3 Å². The normalized spacial score (nSPS) is 11.2. The van der Waals surface area contributed by atoms with Gasteiger partial charge < -0.3 is 4.74 Å². The highest BCUT2D eigenvalue weighted by Gasteiger charge is 2.31. The molecule has 0 N–H and O–H groups in total. The van der Waals surface area contributed by atoms with Gasteiger partial charge in [0.15, 0.2) is 0 Å². The number of carbonyl (C=O) groups is 1. The van der Waals surface area contributed by atoms with Gasteiger partial charge in [-0.05, 0) is 51.0 Å². The number of ether oxygens (including phenoxy) is 1. The number of hydrogen-bond donors (Lipinski definition) is 0. The summed E-state index contributed by atoms with van der Waals surface area (Å²) in [6.07, 6.45) is 0.447. The number of pyridine rings is 1. The maximum absolute atomic E-state index is 13.7. The van der Waals surface area contributed by atoms with Gasteiger partial charge in [-0.25, -0.2) is 14.2 Å². The summed E-state index contributed by atoms with van der Waals surface area (Å²) >= 11 is 6.25. The first-order chi connectivity index (χ1) is 12.4. The van der Waals surface area contributed by atoms with E-state index in [1.54, 1.807) is 33.8 Å². The molecule has 9 heteroatoms. The van der Waals surface area contributed by atoms with E-state index >= 15 is 0 Å². The van der Waals surface area contributed by atoms with Crippen molar-refractivity contribution in [1.82, 2.24) is 4.98 Å². The first-order valence-electron chi connectivity index (χ1n) is 7.98. The molecule has 0 spiro atoms. The summed E-state index contributed by atoms with van der Waals surface area (Å²) in [6, 6.07) is 4.16. The molecule has 1 aromatic heterocycles. The Labute approximate surface area is 160 Å². The van der Waals surface area contributed by atoms with Crippen LogP contribution in [-0.2, 0) is 4.74 Å². The van der Waals surface area contributed by atoms with Crippen LogP contribution in [0.3, 0.4) is 0 Å². The Bertz CT molecular complexity index is 892. The maximum Gasteiger partial charge on any atom is 0.415 e. The molecule has 7 nitrogen and oxygen atoms in total. The Hall–Kier alpha value is -2.74. The zero-order valence-corrected chi connectivity index (χ0v) is 16.3. The molecule has 0 fully saturated rings. The van der Waals surface area contributed by atoms with Crippen molar-refractivity contribution in [3.63, 3.8) is 0 Å². The third-order valence-electron chi connectivity index (χ3n) is 3.49. The van der Waals surface area contributed by atoms with Crippen LogP contribution in [0.2, 0.25) is 5.02 Å². The quantitative estimate of drug-likeness (QED) is 0.531. The Morgan fingerprint density at radius 3 is 2.48 bits per heavy atom. The standard InChI is InChI=1S/C18H19ClFN3O4/c1-10-6-11(8-12(20)7-10)13-9-21-16(15(14(13)19)23(25)26)22(5)17(24)27-18(2,3)4/h6-9H,1-5H3. The van der Waals surface area contributed by atoms with Crippen molar-refractivity contribution in [1.29, 1.82) is 0 Å². The molecule has 1 heterocycles. The Morgan fingerprint density at radius 1 is 1.33 bits per heavy atom. The summed E-state index contributed by atoms with van der Waals surface area (Å²) < 4.78 is 18.9. The molecule has 0 unspecified atom stereocenters. The molecule has 0 aliphatic rings. The number of amides is 1. The monoisotopic (exact) mass is 395 g/mol. The minimum atomic E-state index is -0.816. The number of halogens is 2. The van der Waals surface area contributed by atoms with E-state index < -0.39 is 28.1 Å². The molecule has 27 heavy (non-hydrogen) atoms. The second kappa shape index (κ2) is 7.48. The number of aromatic nitrogens is 1. The van der Waals surface area contributed by atoms with Crippen molar-refractivity contribution in [3.8, 4) is 11.1 Å². The number of benzene rings is 1. The van der Waals surface area contributed by atoms with Crippen LogP contribution in [0.1, 0.15) is 26.3 Å². The van der Waals surface area contributed by atoms with Gasteiger partial charge in [0.25, 0.3) is 0 Å². The number of nitro groups is 1. The molecule has 1 amide bonds. The summed E-state index contributed by atoms with van der Waals surface area (Å²) in [5, 5.41) is 11.4. The van der Waals surface area contributed by atoms with E-state index in [0.29, 0.717) is 11.1 Å². The lowest BCUT2D eigenvalue weighted by Crippen LogP contribution is -2.35. The van der Waals surface area contributed by atoms with Crippen LogP contribution in [0, 0.1) is 22.9 Å². The third-order valence-corrected chi connectivity index (χ3v) is 3.88. The zero-order chi connectivity index (χ0) is 20.5. The van der Waals surface area contributed by atoms with Gasteiger partial charge in [0.2, 0.25) is 5.82 Å². The number of nitrogens with zero attached hydrogens (tertiary/aromatic N) is 3. The van der Waals surface area contributed by atoms with Crippen LogP contribution < -0.4 is 4.90 Å². The van der Waals surface area contributed by atoms with Crippen LogP contribution in [0.25, 0.3) is 11.1 Å². The highest BCUT2D eigenvalue weighted by atomic mass is 35.5. The highest BCUT2D eigenvalue weighted by Crippen LogP contribution is 2.40. The van der Waals surface area contributed by atoms with Crippen molar-refractivity contribution < 1.29 is 18.8 Å². The van der Waals surface area contributed by atoms with Crippen molar-refractivity contribution in [2.45, 2.75) is 33.3 Å². The molecule has 0 atom stereocenters. The molecule has 0 aliphatic carbocycles. The Balaban J connectivity index is 2.58. The number of aryl methyl sites for hydroxylation is 1.